The van der Waals surface area contributed by atoms with E-state index in [4.69, 9.17) is 0 Å². The zero-order valence-electron chi connectivity index (χ0n) is 12.3. The minimum absolute atomic E-state index is 0.161. The van der Waals surface area contributed by atoms with Gasteiger partial charge in [-0.15, -0.1) is 0 Å². The van der Waals surface area contributed by atoms with Crippen LogP contribution in [-0.2, 0) is 11.2 Å². The van der Waals surface area contributed by atoms with Gasteiger partial charge >= 0.3 is 0 Å². The molecule has 3 nitrogen and oxygen atoms in total. The molecule has 3 rings (SSSR count). The molecule has 108 valence electrons. The first kappa shape index (κ1) is 13.7. The van der Waals surface area contributed by atoms with Gasteiger partial charge in [0.2, 0.25) is 5.91 Å². The molecule has 2 aromatic rings. The van der Waals surface area contributed by atoms with Crippen molar-refractivity contribution in [2.45, 2.75) is 12.8 Å². The van der Waals surface area contributed by atoms with Crippen molar-refractivity contribution in [1.29, 1.82) is 0 Å². The van der Waals surface area contributed by atoms with Gasteiger partial charge in [0.1, 0.15) is 0 Å². The normalized spacial score (nSPS) is 13.7. The van der Waals surface area contributed by atoms with Crippen LogP contribution in [0.3, 0.4) is 0 Å². The van der Waals surface area contributed by atoms with Crippen LogP contribution in [0.2, 0.25) is 0 Å². The van der Waals surface area contributed by atoms with Gasteiger partial charge in [0, 0.05) is 25.0 Å². The number of anilines is 2. The quantitative estimate of drug-likeness (QED) is 0.862. The molecule has 0 aliphatic carbocycles. The van der Waals surface area contributed by atoms with Gasteiger partial charge in [0.05, 0.1) is 6.54 Å². The smallest absolute Gasteiger partial charge is 0.246 e. The van der Waals surface area contributed by atoms with E-state index < -0.39 is 0 Å². The third-order valence-electron chi connectivity index (χ3n) is 3.98. The number of amides is 1. The number of aryl methyl sites for hydroxylation is 1. The molecule has 1 heterocycles. The van der Waals surface area contributed by atoms with E-state index in [9.17, 15) is 4.79 Å². The van der Waals surface area contributed by atoms with E-state index in [-0.39, 0.29) is 5.91 Å². The van der Waals surface area contributed by atoms with Gasteiger partial charge in [-0.05, 0) is 36.6 Å². The highest BCUT2D eigenvalue weighted by molar-refractivity contribution is 5.97. The fourth-order valence-electron chi connectivity index (χ4n) is 2.85. The Bertz CT molecular complexity index is 624. The van der Waals surface area contributed by atoms with E-state index in [1.165, 1.54) is 5.56 Å². The number of hydrogen-bond acceptors (Lipinski definition) is 2. The largest absolute Gasteiger partial charge is 0.365 e. The van der Waals surface area contributed by atoms with Gasteiger partial charge < -0.3 is 9.80 Å². The summed E-state index contributed by atoms with van der Waals surface area (Å²) in [7, 11) is 1.96. The minimum atomic E-state index is 0.161. The predicted molar refractivity (Wildman–Crippen MR) is 86.8 cm³/mol. The SMILES string of the molecule is CN(CC(=O)N1CCCc2ccccc21)c1ccccc1. The fraction of sp³-hybridized carbons (Fsp3) is 0.278. The summed E-state index contributed by atoms with van der Waals surface area (Å²) in [4.78, 5) is 16.6. The number of hydrogen-bond donors (Lipinski definition) is 0. The zero-order valence-corrected chi connectivity index (χ0v) is 12.3. The molecule has 1 aliphatic rings. The summed E-state index contributed by atoms with van der Waals surface area (Å²) >= 11 is 0. The van der Waals surface area contributed by atoms with E-state index in [0.29, 0.717) is 6.54 Å². The molecule has 0 radical (unpaired) electrons. The first-order valence-corrected chi connectivity index (χ1v) is 7.40. The molecule has 0 N–H and O–H groups in total. The maximum absolute atomic E-state index is 12.6. The number of likely N-dealkylation sites (N-methyl/N-ethyl adjacent to an activating group) is 1. The van der Waals surface area contributed by atoms with E-state index >= 15 is 0 Å². The van der Waals surface area contributed by atoms with Crippen molar-refractivity contribution < 1.29 is 4.79 Å². The van der Waals surface area contributed by atoms with Crippen molar-refractivity contribution in [2.24, 2.45) is 0 Å². The monoisotopic (exact) mass is 280 g/mol. The Morgan fingerprint density at radius 2 is 1.81 bits per heavy atom. The number of benzene rings is 2. The number of para-hydroxylation sites is 2. The van der Waals surface area contributed by atoms with Crippen LogP contribution in [0.25, 0.3) is 0 Å². The molecule has 2 aromatic carbocycles. The average Bonchev–Trinajstić information content (AvgIpc) is 2.55. The van der Waals surface area contributed by atoms with E-state index in [2.05, 4.69) is 12.1 Å². The highest BCUT2D eigenvalue weighted by atomic mass is 16.2. The third kappa shape index (κ3) is 2.92. The highest BCUT2D eigenvalue weighted by Gasteiger charge is 2.22. The van der Waals surface area contributed by atoms with Gasteiger partial charge in [-0.25, -0.2) is 0 Å². The molecule has 1 amide bonds. The van der Waals surface area contributed by atoms with E-state index in [0.717, 1.165) is 30.8 Å². The molecule has 1 aliphatic heterocycles. The second kappa shape index (κ2) is 6.00. The predicted octanol–water partition coefficient (Wildman–Crippen LogP) is 3.10. The van der Waals surface area contributed by atoms with Crippen LogP contribution >= 0.6 is 0 Å². The lowest BCUT2D eigenvalue weighted by Crippen LogP contribution is -2.41. The zero-order chi connectivity index (χ0) is 14.7. The van der Waals surface area contributed by atoms with Crippen molar-refractivity contribution in [2.75, 3.05) is 29.9 Å². The number of nitrogens with zero attached hydrogens (tertiary/aromatic N) is 2. The van der Waals surface area contributed by atoms with Gasteiger partial charge in [-0.2, -0.15) is 0 Å². The maximum atomic E-state index is 12.6. The van der Waals surface area contributed by atoms with Crippen LogP contribution in [0.5, 0.6) is 0 Å². The lowest BCUT2D eigenvalue weighted by molar-refractivity contribution is -0.117. The Balaban J connectivity index is 1.75. The summed E-state index contributed by atoms with van der Waals surface area (Å²) in [5.41, 5.74) is 3.42. The molecule has 0 fully saturated rings. The van der Waals surface area contributed by atoms with E-state index in [1.807, 2.05) is 59.3 Å². The summed E-state index contributed by atoms with van der Waals surface area (Å²) in [5, 5.41) is 0. The minimum Gasteiger partial charge on any atom is -0.365 e. The molecule has 0 aromatic heterocycles. The van der Waals surface area contributed by atoms with Crippen LogP contribution < -0.4 is 9.80 Å². The average molecular weight is 280 g/mol. The number of carbonyl (C=O) groups is 1. The lowest BCUT2D eigenvalue weighted by Gasteiger charge is -2.31. The standard InChI is InChI=1S/C18H20N2O/c1-19(16-10-3-2-4-11-16)14-18(21)20-13-7-9-15-8-5-6-12-17(15)20/h2-6,8,10-12H,7,9,13-14H2,1H3. The maximum Gasteiger partial charge on any atom is 0.246 e. The summed E-state index contributed by atoms with van der Waals surface area (Å²) < 4.78 is 0. The molecule has 0 bridgehead atoms. The van der Waals surface area contributed by atoms with Crippen LogP contribution in [0.15, 0.2) is 54.6 Å². The molecule has 3 heteroatoms. The lowest BCUT2D eigenvalue weighted by atomic mass is 10.0. The van der Waals surface area contributed by atoms with Crippen LogP contribution in [-0.4, -0.2) is 26.0 Å². The van der Waals surface area contributed by atoms with Crippen molar-refractivity contribution in [1.82, 2.24) is 0 Å². The van der Waals surface area contributed by atoms with Crippen LogP contribution in [0, 0.1) is 0 Å². The van der Waals surface area contributed by atoms with Gasteiger partial charge in [0.25, 0.3) is 0 Å². The van der Waals surface area contributed by atoms with Crippen molar-refractivity contribution in [3.63, 3.8) is 0 Å². The Labute approximate surface area is 125 Å². The van der Waals surface area contributed by atoms with Crippen molar-refractivity contribution >= 4 is 17.3 Å². The van der Waals surface area contributed by atoms with E-state index in [1.54, 1.807) is 0 Å². The summed E-state index contributed by atoms with van der Waals surface area (Å²) in [6, 6.07) is 18.2. The second-order valence-electron chi connectivity index (χ2n) is 5.47. The van der Waals surface area contributed by atoms with Gasteiger partial charge in [-0.1, -0.05) is 36.4 Å². The number of fused-ring (bicyclic) bond motifs is 1. The molecule has 0 unspecified atom stereocenters. The summed E-state index contributed by atoms with van der Waals surface area (Å²) in [6.45, 7) is 1.22. The van der Waals surface area contributed by atoms with Crippen molar-refractivity contribution in [3.8, 4) is 0 Å². The number of carbonyl (C=O) groups excluding carboxylic acids is 1. The number of rotatable bonds is 3. The van der Waals surface area contributed by atoms with Gasteiger partial charge in [0.15, 0.2) is 0 Å². The molecule has 0 saturated carbocycles. The third-order valence-corrected chi connectivity index (χ3v) is 3.98. The molecule has 21 heavy (non-hydrogen) atoms. The highest BCUT2D eigenvalue weighted by Crippen LogP contribution is 2.27. The Morgan fingerprint density at radius 3 is 2.62 bits per heavy atom. The molecular formula is C18H20N2O. The summed E-state index contributed by atoms with van der Waals surface area (Å²) in [5.74, 6) is 0.161. The fourth-order valence-corrected chi connectivity index (χ4v) is 2.85. The molecule has 0 spiro atoms. The summed E-state index contributed by atoms with van der Waals surface area (Å²) in [6.07, 6.45) is 2.10. The van der Waals surface area contributed by atoms with Crippen LogP contribution in [0.1, 0.15) is 12.0 Å². The second-order valence-corrected chi connectivity index (χ2v) is 5.47. The Kier molecular flexibility index (Phi) is 3.91. The Morgan fingerprint density at radius 1 is 1.10 bits per heavy atom. The topological polar surface area (TPSA) is 23.6 Å². The molecule has 0 atom stereocenters. The first-order valence-electron chi connectivity index (χ1n) is 7.40. The van der Waals surface area contributed by atoms with Gasteiger partial charge in [-0.3, -0.25) is 4.79 Å². The van der Waals surface area contributed by atoms with Crippen LogP contribution in [0.4, 0.5) is 11.4 Å². The first-order chi connectivity index (χ1) is 10.3. The van der Waals surface area contributed by atoms with Crippen molar-refractivity contribution in [3.05, 3.63) is 60.2 Å². The molecular weight excluding hydrogens is 260 g/mol. The molecule has 0 saturated heterocycles. The Hall–Kier alpha value is -2.29.